The summed E-state index contributed by atoms with van der Waals surface area (Å²) in [6, 6.07) is 9.37. The van der Waals surface area contributed by atoms with Gasteiger partial charge in [-0.05, 0) is 24.4 Å². The van der Waals surface area contributed by atoms with Gasteiger partial charge in [-0.15, -0.1) is 11.3 Å². The van der Waals surface area contributed by atoms with E-state index in [4.69, 9.17) is 4.74 Å². The number of thiophene rings is 1. The molecule has 1 unspecified atom stereocenters. The number of benzene rings is 1. The Labute approximate surface area is 120 Å². The van der Waals surface area contributed by atoms with Crippen LogP contribution in [0.15, 0.2) is 30.3 Å². The molecule has 6 heteroatoms. The van der Waals surface area contributed by atoms with Crippen molar-refractivity contribution >= 4 is 33.3 Å². The molecule has 0 aliphatic heterocycles. The van der Waals surface area contributed by atoms with E-state index >= 15 is 0 Å². The number of ether oxygens (including phenoxy) is 1. The minimum Gasteiger partial charge on any atom is -0.479 e. The van der Waals surface area contributed by atoms with E-state index in [1.807, 2.05) is 24.3 Å². The summed E-state index contributed by atoms with van der Waals surface area (Å²) in [7, 11) is 1.40. The SMILES string of the molecule is COCC(C)(NC(=O)c1cc2ccccc2s1)C(=O)O. The van der Waals surface area contributed by atoms with Gasteiger partial charge in [0.05, 0.1) is 11.5 Å². The van der Waals surface area contributed by atoms with Gasteiger partial charge >= 0.3 is 5.97 Å². The lowest BCUT2D eigenvalue weighted by molar-refractivity contribution is -0.145. The number of carbonyl (C=O) groups is 2. The van der Waals surface area contributed by atoms with Crippen molar-refractivity contribution in [2.24, 2.45) is 0 Å². The molecule has 1 aromatic heterocycles. The van der Waals surface area contributed by atoms with Crippen LogP contribution in [-0.4, -0.2) is 36.2 Å². The maximum absolute atomic E-state index is 12.2. The number of rotatable bonds is 5. The molecule has 0 aliphatic rings. The van der Waals surface area contributed by atoms with Gasteiger partial charge < -0.3 is 15.2 Å². The minimum absolute atomic E-state index is 0.0982. The van der Waals surface area contributed by atoms with Gasteiger partial charge in [-0.3, -0.25) is 4.79 Å². The number of hydrogen-bond acceptors (Lipinski definition) is 4. The molecule has 2 rings (SSSR count). The maximum atomic E-state index is 12.2. The first kappa shape index (κ1) is 14.5. The van der Waals surface area contributed by atoms with Crippen molar-refractivity contribution in [2.75, 3.05) is 13.7 Å². The molecule has 0 bridgehead atoms. The zero-order valence-corrected chi connectivity index (χ0v) is 12.0. The van der Waals surface area contributed by atoms with Crippen LogP contribution < -0.4 is 5.32 Å². The first-order valence-corrected chi connectivity index (χ1v) is 6.81. The van der Waals surface area contributed by atoms with E-state index in [0.29, 0.717) is 4.88 Å². The quantitative estimate of drug-likeness (QED) is 0.885. The molecule has 1 aromatic carbocycles. The van der Waals surface area contributed by atoms with Gasteiger partial charge in [-0.1, -0.05) is 18.2 Å². The Balaban J connectivity index is 2.24. The Morgan fingerprint density at radius 2 is 2.10 bits per heavy atom. The summed E-state index contributed by atoms with van der Waals surface area (Å²) in [5, 5.41) is 12.7. The summed E-state index contributed by atoms with van der Waals surface area (Å²) in [5.41, 5.74) is -1.44. The van der Waals surface area contributed by atoms with E-state index < -0.39 is 17.4 Å². The molecule has 1 heterocycles. The van der Waals surface area contributed by atoms with Crippen molar-refractivity contribution in [3.63, 3.8) is 0 Å². The van der Waals surface area contributed by atoms with Crippen molar-refractivity contribution in [3.8, 4) is 0 Å². The maximum Gasteiger partial charge on any atom is 0.331 e. The molecule has 5 nitrogen and oxygen atoms in total. The lowest BCUT2D eigenvalue weighted by atomic mass is 10.0. The molecular weight excluding hydrogens is 278 g/mol. The van der Waals surface area contributed by atoms with Crippen LogP contribution in [0.5, 0.6) is 0 Å². The van der Waals surface area contributed by atoms with Gasteiger partial charge in [0.25, 0.3) is 5.91 Å². The average Bonchev–Trinajstić information content (AvgIpc) is 2.82. The monoisotopic (exact) mass is 293 g/mol. The van der Waals surface area contributed by atoms with Crippen molar-refractivity contribution in [3.05, 3.63) is 35.2 Å². The van der Waals surface area contributed by atoms with Gasteiger partial charge in [0, 0.05) is 11.8 Å². The molecule has 2 aromatic rings. The highest BCUT2D eigenvalue weighted by Crippen LogP contribution is 2.25. The molecule has 0 spiro atoms. The van der Waals surface area contributed by atoms with Gasteiger partial charge in [0.15, 0.2) is 5.54 Å². The molecular formula is C14H15NO4S. The predicted molar refractivity (Wildman–Crippen MR) is 77.2 cm³/mol. The summed E-state index contributed by atoms with van der Waals surface area (Å²) >= 11 is 1.33. The number of carboxylic acid groups (broad SMARTS) is 1. The first-order valence-electron chi connectivity index (χ1n) is 6.00. The number of hydrogen-bond donors (Lipinski definition) is 2. The third-order valence-corrected chi connectivity index (χ3v) is 4.06. The number of methoxy groups -OCH3 is 1. The summed E-state index contributed by atoms with van der Waals surface area (Å²) in [5.74, 6) is -1.54. The van der Waals surface area contributed by atoms with Crippen LogP contribution in [0.3, 0.4) is 0 Å². The van der Waals surface area contributed by atoms with Gasteiger partial charge in [0.2, 0.25) is 0 Å². The van der Waals surface area contributed by atoms with Gasteiger partial charge in [0.1, 0.15) is 0 Å². The largest absolute Gasteiger partial charge is 0.479 e. The zero-order valence-electron chi connectivity index (χ0n) is 11.2. The Kier molecular flexibility index (Phi) is 4.06. The summed E-state index contributed by atoms with van der Waals surface area (Å²) in [4.78, 5) is 23.9. The van der Waals surface area contributed by atoms with Crippen molar-refractivity contribution in [2.45, 2.75) is 12.5 Å². The van der Waals surface area contributed by atoms with Gasteiger partial charge in [-0.25, -0.2) is 4.79 Å². The second-order valence-corrected chi connectivity index (χ2v) is 5.76. The normalized spacial score (nSPS) is 13.9. The highest BCUT2D eigenvalue weighted by atomic mass is 32.1. The Morgan fingerprint density at radius 3 is 2.70 bits per heavy atom. The second kappa shape index (κ2) is 5.60. The molecule has 0 radical (unpaired) electrons. The van der Waals surface area contributed by atoms with E-state index in [1.54, 1.807) is 6.07 Å². The molecule has 0 saturated heterocycles. The summed E-state index contributed by atoms with van der Waals surface area (Å²) in [6.07, 6.45) is 0. The van der Waals surface area contributed by atoms with Crippen LogP contribution in [0, 0.1) is 0 Å². The highest BCUT2D eigenvalue weighted by molar-refractivity contribution is 7.20. The Hall–Kier alpha value is -1.92. The summed E-state index contributed by atoms with van der Waals surface area (Å²) < 4.78 is 5.86. The Bertz CT molecular complexity index is 618. The molecule has 0 saturated carbocycles. The lowest BCUT2D eigenvalue weighted by Gasteiger charge is -2.24. The second-order valence-electron chi connectivity index (χ2n) is 4.67. The van der Waals surface area contributed by atoms with Crippen LogP contribution in [0.2, 0.25) is 0 Å². The van der Waals surface area contributed by atoms with Crippen LogP contribution in [0.4, 0.5) is 0 Å². The van der Waals surface area contributed by atoms with Gasteiger partial charge in [-0.2, -0.15) is 0 Å². The van der Waals surface area contributed by atoms with E-state index in [2.05, 4.69) is 5.32 Å². The van der Waals surface area contributed by atoms with Crippen LogP contribution in [0.25, 0.3) is 10.1 Å². The van der Waals surface area contributed by atoms with E-state index in [9.17, 15) is 14.7 Å². The molecule has 1 amide bonds. The number of carboxylic acids is 1. The number of fused-ring (bicyclic) bond motifs is 1. The molecule has 106 valence electrons. The zero-order chi connectivity index (χ0) is 14.8. The number of aliphatic carboxylic acids is 1. The van der Waals surface area contributed by atoms with E-state index in [0.717, 1.165) is 10.1 Å². The standard InChI is InChI=1S/C14H15NO4S/c1-14(8-19-2,13(17)18)15-12(16)11-7-9-5-3-4-6-10(9)20-11/h3-7H,8H2,1-2H3,(H,15,16)(H,17,18). The molecule has 0 aliphatic carbocycles. The van der Waals surface area contributed by atoms with E-state index in [1.165, 1.54) is 25.4 Å². The molecule has 1 atom stereocenters. The summed E-state index contributed by atoms with van der Waals surface area (Å²) in [6.45, 7) is 1.32. The number of nitrogens with one attached hydrogen (secondary N) is 1. The average molecular weight is 293 g/mol. The third-order valence-electron chi connectivity index (χ3n) is 2.94. The van der Waals surface area contributed by atoms with E-state index in [-0.39, 0.29) is 6.61 Å². The van der Waals surface area contributed by atoms with Crippen LogP contribution in [0.1, 0.15) is 16.6 Å². The van der Waals surface area contributed by atoms with Crippen molar-refractivity contribution < 1.29 is 19.4 Å². The first-order chi connectivity index (χ1) is 9.46. The number of amides is 1. The van der Waals surface area contributed by atoms with Crippen LogP contribution >= 0.6 is 11.3 Å². The Morgan fingerprint density at radius 1 is 1.40 bits per heavy atom. The fourth-order valence-corrected chi connectivity index (χ4v) is 2.80. The molecule has 0 fully saturated rings. The van der Waals surface area contributed by atoms with Crippen LogP contribution in [-0.2, 0) is 9.53 Å². The predicted octanol–water partition coefficient (Wildman–Crippen LogP) is 2.12. The fraction of sp³-hybridized carbons (Fsp3) is 0.286. The van der Waals surface area contributed by atoms with Crippen molar-refractivity contribution in [1.82, 2.24) is 5.32 Å². The van der Waals surface area contributed by atoms with Crippen molar-refractivity contribution in [1.29, 1.82) is 0 Å². The number of carbonyl (C=O) groups excluding carboxylic acids is 1. The smallest absolute Gasteiger partial charge is 0.331 e. The third kappa shape index (κ3) is 2.81. The fourth-order valence-electron chi connectivity index (χ4n) is 1.85. The molecule has 2 N–H and O–H groups in total. The highest BCUT2D eigenvalue weighted by Gasteiger charge is 2.35. The topological polar surface area (TPSA) is 75.6 Å². The molecule has 20 heavy (non-hydrogen) atoms. The lowest BCUT2D eigenvalue weighted by Crippen LogP contribution is -2.55. The minimum atomic E-state index is -1.44.